The fraction of sp³-hybridized carbons (Fsp3) is 0.682. The van der Waals surface area contributed by atoms with Crippen molar-refractivity contribution in [1.29, 1.82) is 0 Å². The van der Waals surface area contributed by atoms with Crippen LogP contribution in [0.4, 0.5) is 0 Å². The van der Waals surface area contributed by atoms with Crippen LogP contribution in [0.25, 0.3) is 0 Å². The number of nitrogens with one attached hydrogen (secondary N) is 1. The van der Waals surface area contributed by atoms with Crippen LogP contribution in [0.1, 0.15) is 44.3 Å². The maximum absolute atomic E-state index is 10.6. The average molecular weight is 389 g/mol. The Morgan fingerprint density at radius 2 is 2.11 bits per heavy atom. The summed E-state index contributed by atoms with van der Waals surface area (Å²) in [6.07, 6.45) is 4.68. The van der Waals surface area contributed by atoms with Gasteiger partial charge in [-0.25, -0.2) is 0 Å². The van der Waals surface area contributed by atoms with Crippen molar-refractivity contribution in [3.8, 4) is 5.75 Å². The normalized spacial score (nSPS) is 22.3. The molecule has 2 atom stereocenters. The van der Waals surface area contributed by atoms with E-state index in [4.69, 9.17) is 9.73 Å². The van der Waals surface area contributed by atoms with Crippen molar-refractivity contribution < 1.29 is 9.84 Å². The molecule has 6 nitrogen and oxygen atoms in total. The molecule has 1 aromatic carbocycles. The fourth-order valence-corrected chi connectivity index (χ4v) is 4.23. The van der Waals surface area contributed by atoms with E-state index in [0.29, 0.717) is 12.5 Å². The van der Waals surface area contributed by atoms with Gasteiger partial charge in [0.1, 0.15) is 5.75 Å². The maximum atomic E-state index is 10.6. The number of benzene rings is 1. The van der Waals surface area contributed by atoms with Crippen molar-refractivity contribution in [2.75, 3.05) is 52.9 Å². The van der Waals surface area contributed by atoms with Gasteiger partial charge in [-0.15, -0.1) is 0 Å². The van der Waals surface area contributed by atoms with E-state index in [2.05, 4.69) is 22.0 Å². The minimum Gasteiger partial charge on any atom is -0.497 e. The molecule has 0 saturated carbocycles. The number of aliphatic hydroxyl groups is 1. The quantitative estimate of drug-likeness (QED) is 0.555. The molecule has 1 aromatic rings. The fourth-order valence-electron chi connectivity index (χ4n) is 4.23. The second kappa shape index (κ2) is 10.7. The maximum Gasteiger partial charge on any atom is 0.194 e. The van der Waals surface area contributed by atoms with E-state index < -0.39 is 6.10 Å². The third kappa shape index (κ3) is 5.85. The van der Waals surface area contributed by atoms with Gasteiger partial charge in [-0.3, -0.25) is 4.99 Å². The Kier molecular flexibility index (Phi) is 7.98. The van der Waals surface area contributed by atoms with E-state index in [-0.39, 0.29) is 0 Å². The van der Waals surface area contributed by atoms with Gasteiger partial charge in [0.25, 0.3) is 0 Å². The molecule has 2 unspecified atom stereocenters. The van der Waals surface area contributed by atoms with Gasteiger partial charge in [0.15, 0.2) is 5.96 Å². The van der Waals surface area contributed by atoms with Crippen molar-refractivity contribution in [1.82, 2.24) is 15.1 Å². The molecule has 0 aromatic heterocycles. The van der Waals surface area contributed by atoms with Crippen LogP contribution in [0.3, 0.4) is 0 Å². The second-order valence-corrected chi connectivity index (χ2v) is 7.95. The smallest absolute Gasteiger partial charge is 0.194 e. The molecule has 0 amide bonds. The number of aliphatic imine (C=N–C) groups is 1. The molecule has 156 valence electrons. The highest BCUT2D eigenvalue weighted by Crippen LogP contribution is 2.21. The molecule has 2 heterocycles. The number of ether oxygens (including phenoxy) is 1. The van der Waals surface area contributed by atoms with Gasteiger partial charge in [0, 0.05) is 26.2 Å². The van der Waals surface area contributed by atoms with Gasteiger partial charge in [-0.2, -0.15) is 0 Å². The van der Waals surface area contributed by atoms with Gasteiger partial charge < -0.3 is 25.0 Å². The molecule has 6 heteroatoms. The first kappa shape index (κ1) is 20.9. The second-order valence-electron chi connectivity index (χ2n) is 7.95. The molecule has 2 saturated heterocycles. The lowest BCUT2D eigenvalue weighted by Crippen LogP contribution is -2.41. The van der Waals surface area contributed by atoms with Crippen LogP contribution >= 0.6 is 0 Å². The molecular weight excluding hydrogens is 352 g/mol. The summed E-state index contributed by atoms with van der Waals surface area (Å²) in [6.45, 7) is 9.10. The molecule has 0 radical (unpaired) electrons. The first-order chi connectivity index (χ1) is 13.7. The molecule has 28 heavy (non-hydrogen) atoms. The Hall–Kier alpha value is -1.79. The molecule has 0 aliphatic carbocycles. The van der Waals surface area contributed by atoms with Crippen molar-refractivity contribution in [3.63, 3.8) is 0 Å². The van der Waals surface area contributed by atoms with Crippen LogP contribution in [-0.2, 0) is 0 Å². The Labute approximate surface area is 169 Å². The highest BCUT2D eigenvalue weighted by molar-refractivity contribution is 5.80. The summed E-state index contributed by atoms with van der Waals surface area (Å²) in [5.41, 5.74) is 0.836. The monoisotopic (exact) mass is 388 g/mol. The zero-order valence-electron chi connectivity index (χ0n) is 17.4. The van der Waals surface area contributed by atoms with E-state index in [0.717, 1.165) is 36.9 Å². The number of likely N-dealkylation sites (tertiary alicyclic amines) is 2. The minimum atomic E-state index is -0.629. The SMILES string of the molecule is CCNC(=NCC(O)c1cccc(OC)c1)N1CCC(CN2CCCCC2)C1. The van der Waals surface area contributed by atoms with E-state index >= 15 is 0 Å². The lowest BCUT2D eigenvalue weighted by atomic mass is 10.1. The van der Waals surface area contributed by atoms with Crippen LogP contribution in [0.15, 0.2) is 29.3 Å². The lowest BCUT2D eigenvalue weighted by molar-refractivity contribution is 0.186. The van der Waals surface area contributed by atoms with Crippen molar-refractivity contribution in [2.24, 2.45) is 10.9 Å². The first-order valence-electron chi connectivity index (χ1n) is 10.8. The summed E-state index contributed by atoms with van der Waals surface area (Å²) in [7, 11) is 1.64. The van der Waals surface area contributed by atoms with Crippen molar-refractivity contribution >= 4 is 5.96 Å². The topological polar surface area (TPSA) is 60.3 Å². The number of guanidine groups is 1. The molecule has 3 rings (SSSR count). The Morgan fingerprint density at radius 1 is 1.29 bits per heavy atom. The first-order valence-corrected chi connectivity index (χ1v) is 10.8. The molecule has 2 aliphatic rings. The van der Waals surface area contributed by atoms with Gasteiger partial charge in [-0.1, -0.05) is 18.6 Å². The average Bonchev–Trinajstić information content (AvgIpc) is 3.20. The number of rotatable bonds is 7. The van der Waals surface area contributed by atoms with Crippen LogP contribution in [-0.4, -0.2) is 73.8 Å². The zero-order valence-corrected chi connectivity index (χ0v) is 17.4. The number of aliphatic hydroxyl groups excluding tert-OH is 1. The molecule has 2 aliphatic heterocycles. The predicted molar refractivity (Wildman–Crippen MR) is 114 cm³/mol. The molecule has 0 spiro atoms. The summed E-state index contributed by atoms with van der Waals surface area (Å²) < 4.78 is 5.25. The van der Waals surface area contributed by atoms with E-state index in [1.165, 1.54) is 45.3 Å². The summed E-state index contributed by atoms with van der Waals surface area (Å²) in [4.78, 5) is 9.73. The third-order valence-electron chi connectivity index (χ3n) is 5.78. The van der Waals surface area contributed by atoms with Gasteiger partial charge in [0.2, 0.25) is 0 Å². The third-order valence-corrected chi connectivity index (χ3v) is 5.78. The molecule has 0 bridgehead atoms. The summed E-state index contributed by atoms with van der Waals surface area (Å²) in [5.74, 6) is 2.39. The van der Waals surface area contributed by atoms with Crippen LogP contribution in [0.2, 0.25) is 0 Å². The van der Waals surface area contributed by atoms with Crippen LogP contribution in [0, 0.1) is 5.92 Å². The van der Waals surface area contributed by atoms with Crippen LogP contribution < -0.4 is 10.1 Å². The lowest BCUT2D eigenvalue weighted by Gasteiger charge is -2.29. The number of nitrogens with zero attached hydrogens (tertiary/aromatic N) is 3. The number of methoxy groups -OCH3 is 1. The molecule has 2 N–H and O–H groups in total. The molecule has 2 fully saturated rings. The summed E-state index contributed by atoms with van der Waals surface area (Å²) >= 11 is 0. The summed E-state index contributed by atoms with van der Waals surface area (Å²) in [5, 5.41) is 14.0. The zero-order chi connectivity index (χ0) is 19.8. The number of piperidine rings is 1. The van der Waals surface area contributed by atoms with E-state index in [1.54, 1.807) is 7.11 Å². The van der Waals surface area contributed by atoms with Crippen molar-refractivity contribution in [2.45, 2.75) is 38.7 Å². The van der Waals surface area contributed by atoms with E-state index in [9.17, 15) is 5.11 Å². The van der Waals surface area contributed by atoms with E-state index in [1.807, 2.05) is 24.3 Å². The van der Waals surface area contributed by atoms with Gasteiger partial charge in [0.05, 0.1) is 19.8 Å². The summed E-state index contributed by atoms with van der Waals surface area (Å²) in [6, 6.07) is 7.58. The standard InChI is InChI=1S/C22H36N4O2/c1-3-23-22(24-15-21(27)19-8-7-9-20(14-19)28-2)26-13-10-18(17-26)16-25-11-5-4-6-12-25/h7-9,14,18,21,27H,3-6,10-13,15-17H2,1-2H3,(H,23,24). The highest BCUT2D eigenvalue weighted by Gasteiger charge is 2.27. The van der Waals surface area contributed by atoms with Gasteiger partial charge in [-0.05, 0) is 62.9 Å². The van der Waals surface area contributed by atoms with Crippen molar-refractivity contribution in [3.05, 3.63) is 29.8 Å². The Bertz CT molecular complexity index is 631. The minimum absolute atomic E-state index is 0.350. The number of hydrogen-bond donors (Lipinski definition) is 2. The Morgan fingerprint density at radius 3 is 2.86 bits per heavy atom. The molecular formula is C22H36N4O2. The van der Waals surface area contributed by atoms with Crippen LogP contribution in [0.5, 0.6) is 5.75 Å². The van der Waals surface area contributed by atoms with Gasteiger partial charge >= 0.3 is 0 Å². The number of hydrogen-bond acceptors (Lipinski definition) is 4. The predicted octanol–water partition coefficient (Wildman–Crippen LogP) is 2.50. The Balaban J connectivity index is 1.56. The highest BCUT2D eigenvalue weighted by atomic mass is 16.5. The largest absolute Gasteiger partial charge is 0.497 e.